The summed E-state index contributed by atoms with van der Waals surface area (Å²) in [7, 11) is 0. The third-order valence-corrected chi connectivity index (χ3v) is 12.5. The lowest BCUT2D eigenvalue weighted by molar-refractivity contribution is 0.590. The molecule has 0 atom stereocenters. The second kappa shape index (κ2) is 10.1. The minimum atomic E-state index is -0.117. The van der Waals surface area contributed by atoms with E-state index in [1.54, 1.807) is 0 Å². The number of para-hydroxylation sites is 2. The molecule has 3 aromatic heterocycles. The zero-order valence-electron chi connectivity index (χ0n) is 30.6. The van der Waals surface area contributed by atoms with Crippen LogP contribution in [0.3, 0.4) is 0 Å². The predicted molar refractivity (Wildman–Crippen MR) is 231 cm³/mol. The van der Waals surface area contributed by atoms with E-state index >= 15 is 0 Å². The average Bonchev–Trinajstić information content (AvgIpc) is 3.88. The molecule has 8 aromatic carbocycles. The number of rotatable bonds is 1. The molecule has 13 rings (SSSR count). The maximum Gasteiger partial charge on any atom is 0.333 e. The van der Waals surface area contributed by atoms with Crippen molar-refractivity contribution in [3.05, 3.63) is 151 Å². The molecule has 55 heavy (non-hydrogen) atoms. The summed E-state index contributed by atoms with van der Waals surface area (Å²) >= 11 is 0. The van der Waals surface area contributed by atoms with Crippen molar-refractivity contribution in [1.29, 1.82) is 0 Å². The Hall–Kier alpha value is -6.72. The number of nitrogens with zero attached hydrogens (tertiary/aromatic N) is 2. The van der Waals surface area contributed by atoms with Crippen LogP contribution in [0.25, 0.3) is 93.3 Å². The van der Waals surface area contributed by atoms with Gasteiger partial charge in [-0.2, -0.15) is 0 Å². The topological polar surface area (TPSA) is 34.5 Å². The third-order valence-electron chi connectivity index (χ3n) is 12.5. The molecular weight excluding hydrogens is 671 g/mol. The number of fused-ring (bicyclic) bond motifs is 17. The van der Waals surface area contributed by atoms with Crippen molar-refractivity contribution in [2.45, 2.75) is 26.2 Å². The molecule has 0 N–H and O–H groups in total. The first-order chi connectivity index (χ1) is 26.9. The standard InChI is InChI=1S/C50H33BN2O2/c1-50(2,3)29-17-19-30(20-18-29)53-39-23-16-28-10-4-5-11-31(28)45(39)34-21-22-35-46-38(24-25-43-47(46)33-13-7-9-15-42(33)54-43)52-40-26-36-32-12-6-8-14-41(32)55-44(36)27-37(40)51(53)48(34)49(35)52/h4-27H,1-3H3. The summed E-state index contributed by atoms with van der Waals surface area (Å²) in [4.78, 5) is 2.60. The van der Waals surface area contributed by atoms with Crippen LogP contribution in [0.5, 0.6) is 0 Å². The lowest BCUT2D eigenvalue weighted by atomic mass is 9.44. The first-order valence-corrected chi connectivity index (χ1v) is 19.2. The van der Waals surface area contributed by atoms with Gasteiger partial charge in [0, 0.05) is 54.9 Å². The monoisotopic (exact) mass is 704 g/mol. The molecule has 0 radical (unpaired) electrons. The Bertz CT molecular complexity index is 3490. The van der Waals surface area contributed by atoms with Gasteiger partial charge in [-0.05, 0) is 92.8 Å². The van der Waals surface area contributed by atoms with E-state index < -0.39 is 0 Å². The van der Waals surface area contributed by atoms with E-state index in [9.17, 15) is 0 Å². The minimum absolute atomic E-state index is 0.0428. The van der Waals surface area contributed by atoms with Gasteiger partial charge in [-0.15, -0.1) is 0 Å². The molecule has 4 nitrogen and oxygen atoms in total. The predicted octanol–water partition coefficient (Wildman–Crippen LogP) is 12.3. The molecular formula is C50H33BN2O2. The van der Waals surface area contributed by atoms with Crippen LogP contribution >= 0.6 is 0 Å². The summed E-state index contributed by atoms with van der Waals surface area (Å²) in [6.45, 7) is 6.74. The summed E-state index contributed by atoms with van der Waals surface area (Å²) in [6, 6.07) is 53.6. The van der Waals surface area contributed by atoms with Gasteiger partial charge in [0.25, 0.3) is 0 Å². The highest BCUT2D eigenvalue weighted by atomic mass is 16.3. The molecule has 258 valence electrons. The van der Waals surface area contributed by atoms with Crippen LogP contribution in [0.15, 0.2) is 154 Å². The van der Waals surface area contributed by atoms with Crippen molar-refractivity contribution in [2.75, 3.05) is 4.81 Å². The van der Waals surface area contributed by atoms with Crippen molar-refractivity contribution in [2.24, 2.45) is 0 Å². The summed E-state index contributed by atoms with van der Waals surface area (Å²) in [5.41, 5.74) is 16.1. The van der Waals surface area contributed by atoms with Crippen LogP contribution in [0.2, 0.25) is 0 Å². The van der Waals surface area contributed by atoms with E-state index in [4.69, 9.17) is 8.83 Å². The Morgan fingerprint density at radius 2 is 1.25 bits per heavy atom. The Morgan fingerprint density at radius 3 is 2.07 bits per heavy atom. The van der Waals surface area contributed by atoms with Gasteiger partial charge < -0.3 is 18.2 Å². The smallest absolute Gasteiger partial charge is 0.333 e. The summed E-state index contributed by atoms with van der Waals surface area (Å²) < 4.78 is 15.7. The lowest BCUT2D eigenvalue weighted by Gasteiger charge is -2.42. The van der Waals surface area contributed by atoms with E-state index in [1.807, 2.05) is 0 Å². The number of furan rings is 2. The fourth-order valence-corrected chi connectivity index (χ4v) is 10.1. The molecule has 0 amide bonds. The maximum atomic E-state index is 6.67. The average molecular weight is 705 g/mol. The van der Waals surface area contributed by atoms with E-state index in [1.165, 1.54) is 82.6 Å². The van der Waals surface area contributed by atoms with Crippen LogP contribution in [0, 0.1) is 0 Å². The molecule has 0 spiro atoms. The van der Waals surface area contributed by atoms with Crippen molar-refractivity contribution in [3.8, 4) is 16.8 Å². The van der Waals surface area contributed by atoms with Crippen molar-refractivity contribution in [1.82, 2.24) is 4.57 Å². The molecule has 0 unspecified atom stereocenters. The van der Waals surface area contributed by atoms with Gasteiger partial charge in [0.1, 0.15) is 22.3 Å². The zero-order chi connectivity index (χ0) is 36.3. The molecule has 0 saturated heterocycles. The Labute approximate surface area is 316 Å². The Morgan fingerprint density at radius 1 is 0.527 bits per heavy atom. The third kappa shape index (κ3) is 3.73. The van der Waals surface area contributed by atoms with Gasteiger partial charge in [0.15, 0.2) is 0 Å². The summed E-state index contributed by atoms with van der Waals surface area (Å²) in [6.07, 6.45) is 0. The largest absolute Gasteiger partial charge is 0.456 e. The SMILES string of the molecule is CC(C)(C)c1ccc(N2B3c4cc5oc6ccccc6c5cc4-n4c5ccc6oc7ccccc7c6c5c5ccc(c3c54)-c3c2ccc2ccccc32)cc1. The van der Waals surface area contributed by atoms with Gasteiger partial charge in [-0.3, -0.25) is 0 Å². The highest BCUT2D eigenvalue weighted by molar-refractivity contribution is 6.94. The second-order valence-electron chi connectivity index (χ2n) is 16.4. The van der Waals surface area contributed by atoms with Crippen LogP contribution in [0.1, 0.15) is 26.3 Å². The zero-order valence-corrected chi connectivity index (χ0v) is 30.6. The highest BCUT2D eigenvalue weighted by Gasteiger charge is 2.45. The van der Waals surface area contributed by atoms with E-state index in [0.717, 1.165) is 38.5 Å². The Kier molecular flexibility index (Phi) is 5.44. The molecule has 0 aliphatic carbocycles. The van der Waals surface area contributed by atoms with Gasteiger partial charge in [-0.1, -0.05) is 112 Å². The fraction of sp³-hybridized carbons (Fsp3) is 0.0800. The molecule has 2 aliphatic rings. The van der Waals surface area contributed by atoms with Gasteiger partial charge in [0.05, 0.1) is 11.0 Å². The van der Waals surface area contributed by atoms with E-state index in [0.29, 0.717) is 0 Å². The van der Waals surface area contributed by atoms with E-state index in [2.05, 4.69) is 176 Å². The number of anilines is 2. The number of benzene rings is 8. The fourth-order valence-electron chi connectivity index (χ4n) is 10.1. The van der Waals surface area contributed by atoms with Crippen molar-refractivity contribution < 1.29 is 8.83 Å². The first-order valence-electron chi connectivity index (χ1n) is 19.2. The summed E-state index contributed by atoms with van der Waals surface area (Å²) in [5.74, 6) is 0. The maximum absolute atomic E-state index is 6.67. The van der Waals surface area contributed by atoms with Crippen molar-refractivity contribution >= 4 is 106 Å². The Balaban J connectivity index is 1.25. The second-order valence-corrected chi connectivity index (χ2v) is 16.4. The van der Waals surface area contributed by atoms with Crippen molar-refractivity contribution in [3.63, 3.8) is 0 Å². The molecule has 0 bridgehead atoms. The first kappa shape index (κ1) is 29.7. The van der Waals surface area contributed by atoms with Gasteiger partial charge in [0.2, 0.25) is 0 Å². The molecule has 5 heterocycles. The van der Waals surface area contributed by atoms with Crippen LogP contribution in [0.4, 0.5) is 11.4 Å². The quantitative estimate of drug-likeness (QED) is 0.160. The molecule has 0 fully saturated rings. The minimum Gasteiger partial charge on any atom is -0.456 e. The number of aromatic nitrogens is 1. The van der Waals surface area contributed by atoms with Crippen LogP contribution < -0.4 is 15.7 Å². The summed E-state index contributed by atoms with van der Waals surface area (Å²) in [5, 5.41) is 9.54. The van der Waals surface area contributed by atoms with Gasteiger partial charge in [-0.25, -0.2) is 0 Å². The van der Waals surface area contributed by atoms with Crippen LogP contribution in [-0.4, -0.2) is 11.4 Å². The molecule has 0 saturated carbocycles. The number of hydrogen-bond acceptors (Lipinski definition) is 3. The van der Waals surface area contributed by atoms with Gasteiger partial charge >= 0.3 is 6.85 Å². The molecule has 11 aromatic rings. The lowest BCUT2D eigenvalue weighted by Crippen LogP contribution is -2.60. The molecule has 5 heteroatoms. The number of hydrogen-bond donors (Lipinski definition) is 0. The molecule has 2 aliphatic heterocycles. The highest BCUT2D eigenvalue weighted by Crippen LogP contribution is 2.49. The van der Waals surface area contributed by atoms with Crippen LogP contribution in [-0.2, 0) is 5.41 Å². The normalized spacial score (nSPS) is 13.7. The van der Waals surface area contributed by atoms with E-state index in [-0.39, 0.29) is 12.3 Å².